The van der Waals surface area contributed by atoms with Gasteiger partial charge < -0.3 is 20.5 Å². The highest BCUT2D eigenvalue weighted by atomic mass is 16.5. The van der Waals surface area contributed by atoms with Crippen LogP contribution in [-0.2, 0) is 6.54 Å². The number of methoxy groups -OCH3 is 1. The Bertz CT molecular complexity index is 641. The fourth-order valence-corrected chi connectivity index (χ4v) is 1.99. The number of amides is 1. The highest BCUT2D eigenvalue weighted by molar-refractivity contribution is 6.06. The van der Waals surface area contributed by atoms with Gasteiger partial charge in [0.05, 0.1) is 12.7 Å². The molecule has 2 rings (SSSR count). The molecule has 0 aliphatic carbocycles. The van der Waals surface area contributed by atoms with Crippen molar-refractivity contribution in [2.75, 3.05) is 19.5 Å². The summed E-state index contributed by atoms with van der Waals surface area (Å²) in [5.74, 6) is 0.0232. The van der Waals surface area contributed by atoms with Crippen LogP contribution in [0.25, 0.3) is 0 Å². The Morgan fingerprint density at radius 3 is 2.71 bits per heavy atom. The van der Waals surface area contributed by atoms with Gasteiger partial charge in [-0.05, 0) is 36.9 Å². The SMILES string of the molecule is CNCc1cccc(NC(=O)c2ccc(OC)cc2O)c1. The Morgan fingerprint density at radius 2 is 2.05 bits per heavy atom. The minimum Gasteiger partial charge on any atom is -0.507 e. The first-order valence-corrected chi connectivity index (χ1v) is 6.56. The van der Waals surface area contributed by atoms with Crippen LogP contribution in [0, 0.1) is 0 Å². The summed E-state index contributed by atoms with van der Waals surface area (Å²) in [6.45, 7) is 0.720. The van der Waals surface area contributed by atoms with E-state index < -0.39 is 0 Å². The summed E-state index contributed by atoms with van der Waals surface area (Å²) in [7, 11) is 3.36. The second-order valence-electron chi connectivity index (χ2n) is 4.57. The smallest absolute Gasteiger partial charge is 0.259 e. The lowest BCUT2D eigenvalue weighted by atomic mass is 10.1. The second kappa shape index (κ2) is 6.76. The molecule has 5 heteroatoms. The molecule has 2 aromatic rings. The zero-order chi connectivity index (χ0) is 15.2. The van der Waals surface area contributed by atoms with Crippen molar-refractivity contribution < 1.29 is 14.6 Å². The molecule has 21 heavy (non-hydrogen) atoms. The van der Waals surface area contributed by atoms with E-state index in [9.17, 15) is 9.90 Å². The number of ether oxygens (including phenoxy) is 1. The Morgan fingerprint density at radius 1 is 1.24 bits per heavy atom. The Labute approximate surface area is 123 Å². The number of phenolic OH excluding ortho intramolecular Hbond substituents is 1. The van der Waals surface area contributed by atoms with E-state index >= 15 is 0 Å². The molecule has 5 nitrogen and oxygen atoms in total. The van der Waals surface area contributed by atoms with E-state index in [2.05, 4.69) is 10.6 Å². The molecule has 3 N–H and O–H groups in total. The summed E-state index contributed by atoms with van der Waals surface area (Å²) in [6.07, 6.45) is 0. The number of anilines is 1. The predicted molar refractivity (Wildman–Crippen MR) is 81.8 cm³/mol. The van der Waals surface area contributed by atoms with Gasteiger partial charge in [-0.3, -0.25) is 4.79 Å². The average molecular weight is 286 g/mol. The maximum atomic E-state index is 12.2. The highest BCUT2D eigenvalue weighted by Crippen LogP contribution is 2.24. The van der Waals surface area contributed by atoms with Gasteiger partial charge in [0.2, 0.25) is 0 Å². The van der Waals surface area contributed by atoms with E-state index in [4.69, 9.17) is 4.74 Å². The molecule has 0 aliphatic rings. The first-order valence-electron chi connectivity index (χ1n) is 6.56. The zero-order valence-electron chi connectivity index (χ0n) is 12.0. The van der Waals surface area contributed by atoms with Gasteiger partial charge in [-0.25, -0.2) is 0 Å². The number of aromatic hydroxyl groups is 1. The van der Waals surface area contributed by atoms with Crippen LogP contribution in [0.4, 0.5) is 5.69 Å². The van der Waals surface area contributed by atoms with Crippen molar-refractivity contribution in [1.82, 2.24) is 5.32 Å². The fourth-order valence-electron chi connectivity index (χ4n) is 1.99. The van der Waals surface area contributed by atoms with Gasteiger partial charge in [-0.2, -0.15) is 0 Å². The molecule has 0 saturated heterocycles. The van der Waals surface area contributed by atoms with Crippen LogP contribution in [0.3, 0.4) is 0 Å². The van der Waals surface area contributed by atoms with Crippen LogP contribution >= 0.6 is 0 Å². The van der Waals surface area contributed by atoms with E-state index in [1.807, 2.05) is 25.2 Å². The fraction of sp³-hybridized carbons (Fsp3) is 0.188. The summed E-state index contributed by atoms with van der Waals surface area (Å²) in [6, 6.07) is 12.1. The molecule has 0 fully saturated rings. The summed E-state index contributed by atoms with van der Waals surface area (Å²) >= 11 is 0. The largest absolute Gasteiger partial charge is 0.507 e. The minimum atomic E-state index is -0.364. The Hall–Kier alpha value is -2.53. The van der Waals surface area contributed by atoms with Crippen LogP contribution in [-0.4, -0.2) is 25.2 Å². The van der Waals surface area contributed by atoms with Gasteiger partial charge in [0.1, 0.15) is 11.5 Å². The minimum absolute atomic E-state index is 0.113. The van der Waals surface area contributed by atoms with E-state index in [1.54, 1.807) is 12.1 Å². The molecule has 0 saturated carbocycles. The summed E-state index contributed by atoms with van der Waals surface area (Å²) < 4.78 is 4.99. The van der Waals surface area contributed by atoms with Crippen molar-refractivity contribution >= 4 is 11.6 Å². The topological polar surface area (TPSA) is 70.6 Å². The van der Waals surface area contributed by atoms with Crippen molar-refractivity contribution in [3.63, 3.8) is 0 Å². The average Bonchev–Trinajstić information content (AvgIpc) is 2.47. The molecule has 2 aromatic carbocycles. The third-order valence-corrected chi connectivity index (χ3v) is 3.02. The van der Waals surface area contributed by atoms with Gasteiger partial charge in [0, 0.05) is 18.3 Å². The highest BCUT2D eigenvalue weighted by Gasteiger charge is 2.12. The predicted octanol–water partition coefficient (Wildman–Crippen LogP) is 2.37. The molecular formula is C16H18N2O3. The number of phenols is 1. The third kappa shape index (κ3) is 3.73. The normalized spacial score (nSPS) is 10.2. The zero-order valence-corrected chi connectivity index (χ0v) is 12.0. The molecule has 0 aromatic heterocycles. The lowest BCUT2D eigenvalue weighted by Gasteiger charge is -2.09. The third-order valence-electron chi connectivity index (χ3n) is 3.02. The van der Waals surface area contributed by atoms with Gasteiger partial charge >= 0.3 is 0 Å². The molecule has 0 bridgehead atoms. The number of carbonyl (C=O) groups excluding carboxylic acids is 1. The molecular weight excluding hydrogens is 268 g/mol. The molecule has 0 unspecified atom stereocenters. The summed E-state index contributed by atoms with van der Waals surface area (Å²) in [5.41, 5.74) is 1.95. The van der Waals surface area contributed by atoms with Gasteiger partial charge in [-0.1, -0.05) is 12.1 Å². The molecule has 0 aliphatic heterocycles. The van der Waals surface area contributed by atoms with Crippen molar-refractivity contribution in [3.8, 4) is 11.5 Å². The quantitative estimate of drug-likeness (QED) is 0.789. The van der Waals surface area contributed by atoms with Crippen molar-refractivity contribution in [1.29, 1.82) is 0 Å². The Kier molecular flexibility index (Phi) is 4.79. The lowest BCUT2D eigenvalue weighted by Crippen LogP contribution is -2.13. The van der Waals surface area contributed by atoms with Crippen molar-refractivity contribution in [3.05, 3.63) is 53.6 Å². The van der Waals surface area contributed by atoms with E-state index in [0.717, 1.165) is 12.1 Å². The van der Waals surface area contributed by atoms with E-state index in [1.165, 1.54) is 19.2 Å². The molecule has 0 heterocycles. The maximum absolute atomic E-state index is 12.2. The van der Waals surface area contributed by atoms with Crippen LogP contribution < -0.4 is 15.4 Å². The number of rotatable bonds is 5. The number of hydrogen-bond acceptors (Lipinski definition) is 4. The second-order valence-corrected chi connectivity index (χ2v) is 4.57. The first kappa shape index (κ1) is 14.9. The molecule has 0 radical (unpaired) electrons. The lowest BCUT2D eigenvalue weighted by molar-refractivity contribution is 0.102. The van der Waals surface area contributed by atoms with Crippen LogP contribution in [0.15, 0.2) is 42.5 Å². The van der Waals surface area contributed by atoms with Crippen LogP contribution in [0.1, 0.15) is 15.9 Å². The molecule has 1 amide bonds. The maximum Gasteiger partial charge on any atom is 0.259 e. The summed E-state index contributed by atoms with van der Waals surface area (Å²) in [5, 5.41) is 15.7. The number of nitrogens with one attached hydrogen (secondary N) is 2. The van der Waals surface area contributed by atoms with E-state index in [-0.39, 0.29) is 17.2 Å². The monoisotopic (exact) mass is 286 g/mol. The van der Waals surface area contributed by atoms with Gasteiger partial charge in [0.15, 0.2) is 0 Å². The number of benzene rings is 2. The van der Waals surface area contributed by atoms with Crippen LogP contribution in [0.5, 0.6) is 11.5 Å². The standard InChI is InChI=1S/C16H18N2O3/c1-17-10-11-4-3-5-12(8-11)18-16(20)14-7-6-13(21-2)9-15(14)19/h3-9,17,19H,10H2,1-2H3,(H,18,20). The Balaban J connectivity index is 2.16. The number of hydrogen-bond donors (Lipinski definition) is 3. The van der Waals surface area contributed by atoms with Gasteiger partial charge in [-0.15, -0.1) is 0 Å². The van der Waals surface area contributed by atoms with Gasteiger partial charge in [0.25, 0.3) is 5.91 Å². The first-order chi connectivity index (χ1) is 10.1. The molecule has 0 atom stereocenters. The van der Waals surface area contributed by atoms with Crippen molar-refractivity contribution in [2.45, 2.75) is 6.54 Å². The molecule has 110 valence electrons. The molecule has 0 spiro atoms. The summed E-state index contributed by atoms with van der Waals surface area (Å²) in [4.78, 5) is 12.2. The van der Waals surface area contributed by atoms with Crippen molar-refractivity contribution in [2.24, 2.45) is 0 Å². The number of carbonyl (C=O) groups is 1. The van der Waals surface area contributed by atoms with E-state index in [0.29, 0.717) is 11.4 Å². The van der Waals surface area contributed by atoms with Crippen LogP contribution in [0.2, 0.25) is 0 Å².